The van der Waals surface area contributed by atoms with Crippen molar-refractivity contribution < 1.29 is 22.4 Å². The van der Waals surface area contributed by atoms with E-state index in [1.807, 2.05) is 0 Å². The van der Waals surface area contributed by atoms with Crippen molar-refractivity contribution in [2.75, 3.05) is 18.5 Å². The smallest absolute Gasteiger partial charge is 0.352 e. The van der Waals surface area contributed by atoms with Gasteiger partial charge in [0.1, 0.15) is 11.8 Å². The quantitative estimate of drug-likeness (QED) is 0.402. The highest BCUT2D eigenvalue weighted by molar-refractivity contribution is 7.59. The molecule has 1 N–H and O–H groups in total. The van der Waals surface area contributed by atoms with Gasteiger partial charge in [0.2, 0.25) is 0 Å². The van der Waals surface area contributed by atoms with Gasteiger partial charge in [0.05, 0.1) is 13.2 Å². The van der Waals surface area contributed by atoms with Gasteiger partial charge in [0, 0.05) is 5.69 Å². The lowest BCUT2D eigenvalue weighted by Crippen LogP contribution is -2.21. The Hall–Kier alpha value is -1.45. The summed E-state index contributed by atoms with van der Waals surface area (Å²) in [6, 6.07) is 9.34. The second-order valence-electron chi connectivity index (χ2n) is 4.16. The highest BCUT2D eigenvalue weighted by Crippen LogP contribution is 2.58. The highest BCUT2D eigenvalue weighted by Gasteiger charge is 2.42. The van der Waals surface area contributed by atoms with E-state index in [4.69, 9.17) is 20.6 Å². The number of alkyl halides is 3. The molecule has 0 fully saturated rings. The van der Waals surface area contributed by atoms with E-state index in [-0.39, 0.29) is 18.9 Å². The van der Waals surface area contributed by atoms with E-state index in [0.29, 0.717) is 0 Å². The van der Waals surface area contributed by atoms with E-state index in [0.717, 1.165) is 0 Å². The van der Waals surface area contributed by atoms with Gasteiger partial charge in [0.25, 0.3) is 0 Å². The Balaban J connectivity index is 3.47. The van der Waals surface area contributed by atoms with Crippen LogP contribution < -0.4 is 5.32 Å². The summed E-state index contributed by atoms with van der Waals surface area (Å²) in [6.45, 7) is 2.83. The molecule has 0 heterocycles. The fraction of sp³-hybridized carbons (Fsp3) is 0.357. The van der Waals surface area contributed by atoms with Crippen molar-refractivity contribution in [3.63, 3.8) is 0 Å². The van der Waals surface area contributed by atoms with Gasteiger partial charge in [-0.15, -0.1) is 0 Å². The number of hydrogen-bond donors (Lipinski definition) is 1. The van der Waals surface area contributed by atoms with Crippen LogP contribution in [0.2, 0.25) is 0 Å². The van der Waals surface area contributed by atoms with E-state index in [1.54, 1.807) is 18.2 Å². The summed E-state index contributed by atoms with van der Waals surface area (Å²) in [7, 11) is -4.23. The zero-order valence-corrected chi connectivity index (χ0v) is 14.2. The van der Waals surface area contributed by atoms with Crippen LogP contribution >= 0.6 is 19.2 Å². The molecule has 0 aliphatic rings. The number of nitriles is 1. The SMILES string of the molecule is CCOP(=O)(OCC)/C(C#N)=C(\Nc1ccccc1)C(F)(F)Cl. The van der Waals surface area contributed by atoms with Crippen LogP contribution in [0.1, 0.15) is 13.8 Å². The third-order valence-electron chi connectivity index (χ3n) is 2.54. The van der Waals surface area contributed by atoms with Gasteiger partial charge >= 0.3 is 13.0 Å². The summed E-state index contributed by atoms with van der Waals surface area (Å²) in [5.41, 5.74) is -0.784. The molecule has 0 unspecified atom stereocenters. The Bertz CT molecular complexity index is 632. The molecule has 1 aromatic carbocycles. The van der Waals surface area contributed by atoms with Crippen LogP contribution in [0.15, 0.2) is 41.3 Å². The van der Waals surface area contributed by atoms with E-state index in [2.05, 4.69) is 5.32 Å². The van der Waals surface area contributed by atoms with Gasteiger partial charge in [-0.2, -0.15) is 14.0 Å². The number of nitrogens with zero attached hydrogens (tertiary/aromatic N) is 1. The molecule has 0 aromatic heterocycles. The molecule has 0 radical (unpaired) electrons. The van der Waals surface area contributed by atoms with Gasteiger partial charge in [-0.05, 0) is 37.6 Å². The van der Waals surface area contributed by atoms with Crippen molar-refractivity contribution in [1.82, 2.24) is 0 Å². The van der Waals surface area contributed by atoms with Crippen LogP contribution in [0.5, 0.6) is 0 Å². The van der Waals surface area contributed by atoms with Gasteiger partial charge in [-0.3, -0.25) is 4.57 Å². The lowest BCUT2D eigenvalue weighted by molar-refractivity contribution is 0.138. The minimum absolute atomic E-state index is 0.0884. The number of halogens is 3. The summed E-state index contributed by atoms with van der Waals surface area (Å²) in [4.78, 5) is 0. The van der Waals surface area contributed by atoms with Crippen LogP contribution in [0.25, 0.3) is 0 Å². The van der Waals surface area contributed by atoms with E-state index in [1.165, 1.54) is 32.0 Å². The minimum Gasteiger partial charge on any atom is -0.352 e. The van der Waals surface area contributed by atoms with Gasteiger partial charge in [0.15, 0.2) is 5.31 Å². The molecule has 0 bridgehead atoms. The molecule has 0 aliphatic carbocycles. The minimum atomic E-state index is -4.23. The Morgan fingerprint density at radius 3 is 2.22 bits per heavy atom. The average Bonchev–Trinajstić information content (AvgIpc) is 2.47. The zero-order chi connectivity index (χ0) is 17.5. The summed E-state index contributed by atoms with van der Waals surface area (Å²) in [5.74, 6) is 0. The van der Waals surface area contributed by atoms with Crippen molar-refractivity contribution >= 4 is 24.9 Å². The molecule has 0 saturated heterocycles. The monoisotopic (exact) mass is 364 g/mol. The number of rotatable bonds is 8. The molecule has 1 rings (SSSR count). The highest BCUT2D eigenvalue weighted by atomic mass is 35.5. The average molecular weight is 365 g/mol. The van der Waals surface area contributed by atoms with Crippen molar-refractivity contribution in [3.05, 3.63) is 41.3 Å². The maximum Gasteiger partial charge on any atom is 0.373 e. The fourth-order valence-corrected chi connectivity index (χ4v) is 3.50. The topological polar surface area (TPSA) is 71.3 Å². The molecule has 0 saturated carbocycles. The van der Waals surface area contributed by atoms with Gasteiger partial charge in [-0.1, -0.05) is 18.2 Å². The number of para-hydroxylation sites is 1. The van der Waals surface area contributed by atoms with Gasteiger partial charge in [-0.25, -0.2) is 0 Å². The summed E-state index contributed by atoms with van der Waals surface area (Å²) in [5, 5.41) is 6.77. The van der Waals surface area contributed by atoms with Gasteiger partial charge < -0.3 is 14.4 Å². The first kappa shape index (κ1) is 19.6. The number of nitrogens with one attached hydrogen (secondary N) is 1. The van der Waals surface area contributed by atoms with Crippen LogP contribution in [-0.2, 0) is 13.6 Å². The number of anilines is 1. The third-order valence-corrected chi connectivity index (χ3v) is 4.80. The number of hydrogen-bond acceptors (Lipinski definition) is 5. The number of benzene rings is 1. The second kappa shape index (κ2) is 8.42. The third kappa shape index (κ3) is 5.29. The molecular formula is C14H16ClF2N2O3P. The predicted octanol–water partition coefficient (Wildman–Crippen LogP) is 4.93. The Labute approximate surface area is 138 Å². The Morgan fingerprint density at radius 1 is 1.30 bits per heavy atom. The molecule has 23 heavy (non-hydrogen) atoms. The first-order chi connectivity index (χ1) is 10.8. The second-order valence-corrected chi connectivity index (χ2v) is 6.59. The zero-order valence-electron chi connectivity index (χ0n) is 12.6. The van der Waals surface area contributed by atoms with Crippen LogP contribution in [0, 0.1) is 11.3 Å². The van der Waals surface area contributed by atoms with Crippen LogP contribution in [-0.4, -0.2) is 18.6 Å². The molecule has 0 amide bonds. The van der Waals surface area contributed by atoms with E-state index in [9.17, 15) is 18.6 Å². The van der Waals surface area contributed by atoms with Crippen molar-refractivity contribution in [1.29, 1.82) is 5.26 Å². The molecule has 0 atom stereocenters. The lowest BCUT2D eigenvalue weighted by Gasteiger charge is -2.22. The standard InChI is InChI=1S/C14H16ClF2N2O3P/c1-3-21-23(20,22-4-2)12(10-18)13(14(15,16)17)19-11-8-6-5-7-9-11/h5-9,19H,3-4H2,1-2H3/b13-12-. The van der Waals surface area contributed by atoms with Crippen LogP contribution in [0.3, 0.4) is 0 Å². The predicted molar refractivity (Wildman–Crippen MR) is 84.4 cm³/mol. The van der Waals surface area contributed by atoms with Crippen molar-refractivity contribution in [2.45, 2.75) is 19.2 Å². The Morgan fingerprint density at radius 2 is 1.83 bits per heavy atom. The maximum atomic E-state index is 13.8. The normalized spacial score (nSPS) is 13.2. The maximum absolute atomic E-state index is 13.8. The number of allylic oxidation sites excluding steroid dienone is 2. The molecule has 5 nitrogen and oxygen atoms in total. The first-order valence-corrected chi connectivity index (χ1v) is 8.63. The Kier molecular flexibility index (Phi) is 7.17. The molecule has 9 heteroatoms. The fourth-order valence-electron chi connectivity index (χ4n) is 1.69. The molecule has 1 aromatic rings. The summed E-state index contributed by atoms with van der Waals surface area (Å²) < 4.78 is 50.1. The first-order valence-electron chi connectivity index (χ1n) is 6.71. The summed E-state index contributed by atoms with van der Waals surface area (Å²) in [6.07, 6.45) is 0. The van der Waals surface area contributed by atoms with E-state index >= 15 is 0 Å². The molecular weight excluding hydrogens is 349 g/mol. The lowest BCUT2D eigenvalue weighted by atomic mass is 10.3. The van der Waals surface area contributed by atoms with Crippen LogP contribution in [0.4, 0.5) is 14.5 Å². The largest absolute Gasteiger partial charge is 0.373 e. The van der Waals surface area contributed by atoms with E-state index < -0.39 is 24.0 Å². The molecule has 126 valence electrons. The molecule has 0 spiro atoms. The summed E-state index contributed by atoms with van der Waals surface area (Å²) >= 11 is 5.09. The van der Waals surface area contributed by atoms with Crippen molar-refractivity contribution in [3.8, 4) is 6.07 Å². The van der Waals surface area contributed by atoms with Crippen molar-refractivity contribution in [2.24, 2.45) is 0 Å². The molecule has 0 aliphatic heterocycles.